The highest BCUT2D eigenvalue weighted by molar-refractivity contribution is 5.87. The molecule has 2 rings (SSSR count). The maximum atomic E-state index is 12.2. The Morgan fingerprint density at radius 3 is 0.981 bits per heavy atom. The molecule has 0 amide bonds. The molecule has 0 aliphatic rings. The maximum absolute atomic E-state index is 12.2. The number of carbonyl (C=O) groups excluding carboxylic acids is 2. The first-order valence-electron chi connectivity index (χ1n) is 17.5. The molecule has 0 aliphatic heterocycles. The number of hydrogen-bond donors (Lipinski definition) is 0. The number of ether oxygens (including phenoxy) is 13. The molecule has 0 bridgehead atoms. The van der Waals surface area contributed by atoms with E-state index < -0.39 is 11.9 Å². The quantitative estimate of drug-likeness (QED) is 0.0612. The summed E-state index contributed by atoms with van der Waals surface area (Å²) in [7, 11) is 3.23. The molecule has 0 aromatic carbocycles. The highest BCUT2D eigenvalue weighted by Gasteiger charge is 2.13. The van der Waals surface area contributed by atoms with E-state index in [0.717, 1.165) is 0 Å². The second-order valence-electron chi connectivity index (χ2n) is 10.5. The van der Waals surface area contributed by atoms with Crippen LogP contribution in [0.3, 0.4) is 0 Å². The normalized spacial score (nSPS) is 11.4. The van der Waals surface area contributed by atoms with Gasteiger partial charge in [0.1, 0.15) is 13.2 Å². The van der Waals surface area contributed by atoms with Gasteiger partial charge in [0.2, 0.25) is 0 Å². The fourth-order valence-electron chi connectivity index (χ4n) is 3.76. The van der Waals surface area contributed by atoms with Crippen molar-refractivity contribution in [3.8, 4) is 0 Å². The summed E-state index contributed by atoms with van der Waals surface area (Å²) < 4.78 is 71.8. The van der Waals surface area contributed by atoms with Crippen LogP contribution in [-0.2, 0) is 74.7 Å². The largest absolute Gasteiger partial charge is 0.458 e. The highest BCUT2D eigenvalue weighted by Crippen LogP contribution is 1.99. The second-order valence-corrected chi connectivity index (χ2v) is 10.5. The van der Waals surface area contributed by atoms with Crippen molar-refractivity contribution in [3.63, 3.8) is 0 Å². The van der Waals surface area contributed by atoms with Gasteiger partial charge in [-0.1, -0.05) is 10.4 Å². The van der Waals surface area contributed by atoms with Gasteiger partial charge in [0.15, 0.2) is 11.4 Å². The van der Waals surface area contributed by atoms with Gasteiger partial charge in [-0.25, -0.2) is 19.0 Å². The minimum absolute atomic E-state index is 0.0757. The lowest BCUT2D eigenvalue weighted by molar-refractivity contribution is -0.0181. The summed E-state index contributed by atoms with van der Waals surface area (Å²) in [5.41, 5.74) is 0.226. The molecule has 0 aliphatic carbocycles. The molecular weight excluding hydrogens is 708 g/mol. The van der Waals surface area contributed by atoms with Crippen LogP contribution in [0, 0.1) is 0 Å². The lowest BCUT2D eigenvalue weighted by Crippen LogP contribution is -2.15. The molecule has 0 saturated heterocycles. The van der Waals surface area contributed by atoms with Gasteiger partial charge >= 0.3 is 11.9 Å². The summed E-state index contributed by atoms with van der Waals surface area (Å²) >= 11 is 0. The van der Waals surface area contributed by atoms with Gasteiger partial charge in [-0.05, 0) is 0 Å². The molecule has 0 radical (unpaired) electrons. The molecule has 0 unspecified atom stereocenters. The predicted molar refractivity (Wildman–Crippen MR) is 182 cm³/mol. The highest BCUT2D eigenvalue weighted by atomic mass is 16.6. The molecule has 0 fully saturated rings. The van der Waals surface area contributed by atoms with E-state index in [4.69, 9.17) is 61.6 Å². The van der Waals surface area contributed by atoms with Crippen LogP contribution < -0.4 is 0 Å². The van der Waals surface area contributed by atoms with Crippen LogP contribution in [0.15, 0.2) is 12.4 Å². The van der Waals surface area contributed by atoms with Gasteiger partial charge in [0.25, 0.3) is 0 Å². The Hall–Kier alpha value is -3.22. The van der Waals surface area contributed by atoms with Gasteiger partial charge in [-0.2, -0.15) is 0 Å². The van der Waals surface area contributed by atoms with Crippen molar-refractivity contribution in [3.05, 3.63) is 23.8 Å². The predicted octanol–water partition coefficient (Wildman–Crippen LogP) is -0.674. The molecule has 2 aromatic rings. The van der Waals surface area contributed by atoms with E-state index in [1.54, 1.807) is 14.2 Å². The first-order chi connectivity index (χ1) is 26.1. The summed E-state index contributed by atoms with van der Waals surface area (Å²) in [5, 5.41) is 15.4. The molecule has 2 heterocycles. The van der Waals surface area contributed by atoms with Gasteiger partial charge < -0.3 is 61.6 Å². The number of nitrogens with zero attached hydrogens (tertiary/aromatic N) is 6. The molecule has 21 nitrogen and oxygen atoms in total. The van der Waals surface area contributed by atoms with Crippen LogP contribution in [0.5, 0.6) is 0 Å². The van der Waals surface area contributed by atoms with Crippen molar-refractivity contribution in [2.24, 2.45) is 0 Å². The molecule has 304 valence electrons. The Balaban J connectivity index is 1.28. The van der Waals surface area contributed by atoms with Crippen molar-refractivity contribution < 1.29 is 71.2 Å². The number of aromatic nitrogens is 6. The average molecular weight is 765 g/mol. The summed E-state index contributed by atoms with van der Waals surface area (Å²) in [6.45, 7) is 9.38. The van der Waals surface area contributed by atoms with E-state index in [2.05, 4.69) is 20.6 Å². The third kappa shape index (κ3) is 25.4. The van der Waals surface area contributed by atoms with E-state index in [1.165, 1.54) is 21.8 Å². The van der Waals surface area contributed by atoms with Crippen molar-refractivity contribution in [1.29, 1.82) is 0 Å². The summed E-state index contributed by atoms with van der Waals surface area (Å²) in [5.74, 6) is -1.15. The molecule has 0 N–H and O–H groups in total. The minimum Gasteiger partial charge on any atom is -0.458 e. The van der Waals surface area contributed by atoms with E-state index in [9.17, 15) is 9.59 Å². The molecule has 0 spiro atoms. The van der Waals surface area contributed by atoms with Gasteiger partial charge in [0.05, 0.1) is 158 Å². The average Bonchev–Trinajstić information content (AvgIpc) is 3.85. The first-order valence-corrected chi connectivity index (χ1v) is 17.5. The van der Waals surface area contributed by atoms with Gasteiger partial charge in [0, 0.05) is 14.2 Å². The summed E-state index contributed by atoms with van der Waals surface area (Å²) in [4.78, 5) is 24.2. The zero-order valence-corrected chi connectivity index (χ0v) is 30.9. The van der Waals surface area contributed by atoms with Crippen LogP contribution in [0.2, 0.25) is 0 Å². The SMILES string of the molecule is COCCOCCOCCOCCn1cc(C(=O)OCCOCCOCCOCCOCCOCCOC(=O)c2cn(CCOCCOC)nn2)nn1. The monoisotopic (exact) mass is 764 g/mol. The number of carbonyl (C=O) groups is 2. The Morgan fingerprint density at radius 1 is 0.415 bits per heavy atom. The summed E-state index contributed by atoms with van der Waals surface area (Å²) in [6.07, 6.45) is 3.01. The number of methoxy groups -OCH3 is 2. The number of rotatable bonds is 38. The van der Waals surface area contributed by atoms with Crippen molar-refractivity contribution in [2.45, 2.75) is 13.1 Å². The number of esters is 2. The van der Waals surface area contributed by atoms with Crippen LogP contribution >= 0.6 is 0 Å². The van der Waals surface area contributed by atoms with Crippen LogP contribution in [0.25, 0.3) is 0 Å². The van der Waals surface area contributed by atoms with E-state index in [1.807, 2.05) is 0 Å². The fourth-order valence-corrected chi connectivity index (χ4v) is 3.76. The Bertz CT molecular complexity index is 1160. The molecule has 21 heteroatoms. The van der Waals surface area contributed by atoms with Crippen molar-refractivity contribution >= 4 is 11.9 Å². The molecule has 2 aromatic heterocycles. The topological polar surface area (TPSA) is 216 Å². The van der Waals surface area contributed by atoms with E-state index in [-0.39, 0.29) is 37.8 Å². The van der Waals surface area contributed by atoms with E-state index >= 15 is 0 Å². The van der Waals surface area contributed by atoms with Crippen LogP contribution in [-0.4, -0.2) is 201 Å². The number of hydrogen-bond acceptors (Lipinski definition) is 19. The molecular formula is C32H56N6O15. The third-order valence-electron chi connectivity index (χ3n) is 6.44. The van der Waals surface area contributed by atoms with Crippen molar-refractivity contribution in [2.75, 3.05) is 160 Å². The lowest BCUT2D eigenvalue weighted by atomic mass is 10.5. The van der Waals surface area contributed by atoms with Crippen LogP contribution in [0.1, 0.15) is 21.0 Å². The smallest absolute Gasteiger partial charge is 0.360 e. The first kappa shape index (κ1) is 45.9. The zero-order chi connectivity index (χ0) is 37.9. The van der Waals surface area contributed by atoms with E-state index in [0.29, 0.717) is 132 Å². The minimum atomic E-state index is -0.582. The molecule has 0 saturated carbocycles. The third-order valence-corrected chi connectivity index (χ3v) is 6.44. The van der Waals surface area contributed by atoms with Crippen LogP contribution in [0.4, 0.5) is 0 Å². The second kappa shape index (κ2) is 33.4. The molecule has 0 atom stereocenters. The zero-order valence-electron chi connectivity index (χ0n) is 30.9. The van der Waals surface area contributed by atoms with Gasteiger partial charge in [-0.3, -0.25) is 0 Å². The Morgan fingerprint density at radius 2 is 0.679 bits per heavy atom. The summed E-state index contributed by atoms with van der Waals surface area (Å²) in [6, 6.07) is 0. The Kier molecular flexibility index (Phi) is 28.9. The van der Waals surface area contributed by atoms with Crippen molar-refractivity contribution in [1.82, 2.24) is 30.0 Å². The van der Waals surface area contributed by atoms with Gasteiger partial charge in [-0.15, -0.1) is 10.2 Å². The Labute approximate surface area is 309 Å². The maximum Gasteiger partial charge on any atom is 0.360 e. The fraction of sp³-hybridized carbons (Fsp3) is 0.812. The lowest BCUT2D eigenvalue weighted by Gasteiger charge is -2.08. The molecule has 53 heavy (non-hydrogen) atoms. The standard InChI is InChI=1S/C32H56N6O15/c1-41-7-9-43-5-3-37-27-29(33-35-37)31(39)52-25-23-50-21-19-48-17-15-47-16-18-49-20-22-51-24-26-53-32(40)30-28-38(36-34-30)4-6-44-11-12-46-14-13-45-10-8-42-2/h27-28H,3-26H2,1-2H3.